The van der Waals surface area contributed by atoms with Crippen LogP contribution in [0.5, 0.6) is 11.5 Å². The summed E-state index contributed by atoms with van der Waals surface area (Å²) in [4.78, 5) is 31.1. The summed E-state index contributed by atoms with van der Waals surface area (Å²) < 4.78 is 47.2. The second-order valence-electron chi connectivity index (χ2n) is 7.22. The van der Waals surface area contributed by atoms with Gasteiger partial charge in [-0.25, -0.2) is 0 Å². The van der Waals surface area contributed by atoms with Crippen LogP contribution in [-0.2, 0) is 9.59 Å². The van der Waals surface area contributed by atoms with Crippen LogP contribution in [0.4, 0.5) is 18.9 Å². The number of anilines is 1. The number of methoxy groups -OCH3 is 1. The number of nitrogens with zero attached hydrogens (tertiary/aromatic N) is 2. The molecule has 1 aliphatic heterocycles. The van der Waals surface area contributed by atoms with E-state index in [-0.39, 0.29) is 16.8 Å². The molecule has 1 fully saturated rings. The van der Waals surface area contributed by atoms with E-state index in [1.54, 1.807) is 24.3 Å². The highest BCUT2D eigenvalue weighted by Crippen LogP contribution is 2.43. The molecule has 1 unspecified atom stereocenters. The van der Waals surface area contributed by atoms with Crippen molar-refractivity contribution in [3.05, 3.63) is 89.8 Å². The third kappa shape index (κ3) is 4.42. The molecule has 1 aromatic heterocycles. The highest BCUT2D eigenvalue weighted by molar-refractivity contribution is 6.51. The molecular formula is C24H17F3N2O5. The monoisotopic (exact) mass is 470 g/mol. The molecule has 2 aromatic carbocycles. The maximum atomic E-state index is 13.1. The lowest BCUT2D eigenvalue weighted by atomic mass is 9.95. The van der Waals surface area contributed by atoms with Crippen LogP contribution in [0.15, 0.2) is 78.6 Å². The predicted molar refractivity (Wildman–Crippen MR) is 115 cm³/mol. The molecule has 0 spiro atoms. The molecule has 7 nitrogen and oxygen atoms in total. The maximum Gasteiger partial charge on any atom is 0.573 e. The fourth-order valence-corrected chi connectivity index (χ4v) is 3.69. The van der Waals surface area contributed by atoms with Crippen molar-refractivity contribution in [1.29, 1.82) is 0 Å². The molecule has 10 heteroatoms. The van der Waals surface area contributed by atoms with Gasteiger partial charge < -0.3 is 14.6 Å². The summed E-state index contributed by atoms with van der Waals surface area (Å²) in [7, 11) is 1.47. The number of rotatable bonds is 5. The van der Waals surface area contributed by atoms with Gasteiger partial charge in [-0.15, -0.1) is 13.2 Å². The number of Topliss-reactive ketones (excluding diaryl/α,β-unsaturated/α-hetero) is 1. The Morgan fingerprint density at radius 3 is 2.29 bits per heavy atom. The second kappa shape index (κ2) is 8.89. The van der Waals surface area contributed by atoms with E-state index >= 15 is 0 Å². The number of carbonyl (C=O) groups excluding carboxylic acids is 2. The van der Waals surface area contributed by atoms with Crippen LogP contribution in [0.1, 0.15) is 17.2 Å². The quantitative estimate of drug-likeness (QED) is 0.333. The normalized spacial score (nSPS) is 17.6. The van der Waals surface area contributed by atoms with Crippen LogP contribution in [0.25, 0.3) is 5.76 Å². The highest BCUT2D eigenvalue weighted by atomic mass is 19.4. The summed E-state index contributed by atoms with van der Waals surface area (Å²) in [6.07, 6.45) is -2.07. The van der Waals surface area contributed by atoms with Crippen molar-refractivity contribution in [2.45, 2.75) is 12.4 Å². The van der Waals surface area contributed by atoms with Gasteiger partial charge in [0.05, 0.1) is 18.7 Å². The van der Waals surface area contributed by atoms with Gasteiger partial charge in [-0.2, -0.15) is 0 Å². The van der Waals surface area contributed by atoms with E-state index in [4.69, 9.17) is 4.74 Å². The zero-order valence-corrected chi connectivity index (χ0v) is 17.6. The van der Waals surface area contributed by atoms with Gasteiger partial charge in [0.1, 0.15) is 17.3 Å². The van der Waals surface area contributed by atoms with Gasteiger partial charge in [0, 0.05) is 29.7 Å². The number of hydrogen-bond donors (Lipinski definition) is 1. The number of halogens is 3. The molecule has 1 aliphatic rings. The summed E-state index contributed by atoms with van der Waals surface area (Å²) in [6, 6.07) is 12.9. The molecule has 1 N–H and O–H groups in total. The number of aliphatic hydroxyl groups excluding tert-OH is 1. The molecule has 0 radical (unpaired) electrons. The average molecular weight is 470 g/mol. The van der Waals surface area contributed by atoms with Gasteiger partial charge >= 0.3 is 6.36 Å². The minimum absolute atomic E-state index is 0.0144. The Bertz CT molecular complexity index is 1260. The lowest BCUT2D eigenvalue weighted by Crippen LogP contribution is -2.29. The predicted octanol–water partition coefficient (Wildman–Crippen LogP) is 4.62. The molecule has 174 valence electrons. The van der Waals surface area contributed by atoms with Gasteiger partial charge in [-0.3, -0.25) is 19.5 Å². The molecule has 4 rings (SSSR count). The molecular weight excluding hydrogens is 453 g/mol. The number of ether oxygens (including phenoxy) is 2. The van der Waals surface area contributed by atoms with Crippen LogP contribution < -0.4 is 14.4 Å². The van der Waals surface area contributed by atoms with E-state index in [1.165, 1.54) is 43.8 Å². The molecule has 1 amide bonds. The number of aliphatic hydroxyl groups is 1. The third-order valence-electron chi connectivity index (χ3n) is 5.16. The van der Waals surface area contributed by atoms with Crippen molar-refractivity contribution in [3.63, 3.8) is 0 Å². The SMILES string of the molecule is COc1ccc(/C(O)=C2\C(=O)C(=O)N(c3cccc(OC(F)(F)F)c3)C2c2ccncc2)cc1. The zero-order valence-electron chi connectivity index (χ0n) is 17.6. The maximum absolute atomic E-state index is 13.1. The standard InChI is InChI=1S/C24H17F3N2O5/c1-33-17-7-5-15(6-8-17)21(30)19-20(14-9-11-28-12-10-14)29(23(32)22(19)31)16-3-2-4-18(13-16)34-24(25,26)27/h2-13,20,30H,1H3/b21-19+. The van der Waals surface area contributed by atoms with Crippen LogP contribution >= 0.6 is 0 Å². The van der Waals surface area contributed by atoms with Crippen molar-refractivity contribution in [1.82, 2.24) is 4.98 Å². The smallest absolute Gasteiger partial charge is 0.507 e. The van der Waals surface area contributed by atoms with Crippen LogP contribution in [0, 0.1) is 0 Å². The Kier molecular flexibility index (Phi) is 5.97. The third-order valence-corrected chi connectivity index (χ3v) is 5.16. The summed E-state index contributed by atoms with van der Waals surface area (Å²) >= 11 is 0. The average Bonchev–Trinajstić information content (AvgIpc) is 3.09. The van der Waals surface area contributed by atoms with E-state index in [2.05, 4.69) is 9.72 Å². The van der Waals surface area contributed by atoms with Gasteiger partial charge in [0.2, 0.25) is 0 Å². The Hall–Kier alpha value is -4.34. The minimum Gasteiger partial charge on any atom is -0.507 e. The number of hydrogen-bond acceptors (Lipinski definition) is 6. The van der Waals surface area contributed by atoms with Crippen molar-refractivity contribution in [2.24, 2.45) is 0 Å². The molecule has 3 aromatic rings. The fraction of sp³-hybridized carbons (Fsp3) is 0.125. The number of carbonyl (C=O) groups is 2. The first-order valence-electron chi connectivity index (χ1n) is 9.91. The largest absolute Gasteiger partial charge is 0.573 e. The Morgan fingerprint density at radius 1 is 1.00 bits per heavy atom. The van der Waals surface area contributed by atoms with Crippen molar-refractivity contribution < 1.29 is 37.3 Å². The van der Waals surface area contributed by atoms with E-state index < -0.39 is 35.6 Å². The van der Waals surface area contributed by atoms with E-state index in [1.807, 2.05) is 0 Å². The highest BCUT2D eigenvalue weighted by Gasteiger charge is 2.47. The molecule has 0 bridgehead atoms. The Labute approximate surface area is 191 Å². The summed E-state index contributed by atoms with van der Waals surface area (Å²) in [5.41, 5.74) is 0.446. The van der Waals surface area contributed by atoms with E-state index in [0.29, 0.717) is 11.3 Å². The van der Waals surface area contributed by atoms with Crippen molar-refractivity contribution >= 4 is 23.1 Å². The number of ketones is 1. The van der Waals surface area contributed by atoms with Gasteiger partial charge in [0.25, 0.3) is 11.7 Å². The molecule has 2 heterocycles. The Balaban J connectivity index is 1.87. The zero-order chi connectivity index (χ0) is 24.5. The lowest BCUT2D eigenvalue weighted by molar-refractivity contribution is -0.274. The molecule has 0 saturated carbocycles. The number of alkyl halides is 3. The number of pyridine rings is 1. The minimum atomic E-state index is -4.94. The van der Waals surface area contributed by atoms with Gasteiger partial charge in [-0.1, -0.05) is 6.07 Å². The number of benzene rings is 2. The van der Waals surface area contributed by atoms with E-state index in [9.17, 15) is 27.9 Å². The molecule has 1 saturated heterocycles. The summed E-state index contributed by atoms with van der Waals surface area (Å²) in [6.45, 7) is 0. The second-order valence-corrected chi connectivity index (χ2v) is 7.22. The topological polar surface area (TPSA) is 89.0 Å². The van der Waals surface area contributed by atoms with Crippen LogP contribution in [-0.4, -0.2) is 35.3 Å². The Morgan fingerprint density at radius 2 is 1.68 bits per heavy atom. The summed E-state index contributed by atoms with van der Waals surface area (Å²) in [5.74, 6) is -2.48. The van der Waals surface area contributed by atoms with Crippen LogP contribution in [0.3, 0.4) is 0 Å². The first-order valence-corrected chi connectivity index (χ1v) is 9.91. The van der Waals surface area contributed by atoms with Gasteiger partial charge in [-0.05, 0) is 54.1 Å². The van der Waals surface area contributed by atoms with Crippen molar-refractivity contribution in [2.75, 3.05) is 12.0 Å². The first-order chi connectivity index (χ1) is 16.2. The summed E-state index contributed by atoms with van der Waals surface area (Å²) in [5, 5.41) is 11.0. The van der Waals surface area contributed by atoms with E-state index in [0.717, 1.165) is 17.0 Å². The molecule has 34 heavy (non-hydrogen) atoms. The van der Waals surface area contributed by atoms with Crippen molar-refractivity contribution in [3.8, 4) is 11.5 Å². The number of amides is 1. The number of aromatic nitrogens is 1. The first kappa shape index (κ1) is 22.8. The molecule has 0 aliphatic carbocycles. The van der Waals surface area contributed by atoms with Gasteiger partial charge in [0.15, 0.2) is 0 Å². The lowest BCUT2D eigenvalue weighted by Gasteiger charge is -2.25. The fourth-order valence-electron chi connectivity index (χ4n) is 3.69. The molecule has 1 atom stereocenters. The van der Waals surface area contributed by atoms with Crippen LogP contribution in [0.2, 0.25) is 0 Å².